The molecule has 0 amide bonds. The van der Waals surface area contributed by atoms with Gasteiger partial charge in [-0.25, -0.2) is 22.8 Å². The van der Waals surface area contributed by atoms with Crippen molar-refractivity contribution in [3.05, 3.63) is 61.4 Å². The molecular formula is C17H30Cl2SiZr-4. The third-order valence-corrected chi connectivity index (χ3v) is 2.64. The Bertz CT molecular complexity index is 364. The molecule has 0 saturated heterocycles. The summed E-state index contributed by atoms with van der Waals surface area (Å²) >= 11 is 1.58. The van der Waals surface area contributed by atoms with E-state index in [9.17, 15) is 0 Å². The molecule has 4 heteroatoms. The van der Waals surface area contributed by atoms with E-state index in [0.29, 0.717) is 5.92 Å². The van der Waals surface area contributed by atoms with Crippen LogP contribution in [0.5, 0.6) is 0 Å². The second-order valence-electron chi connectivity index (χ2n) is 4.43. The second kappa shape index (κ2) is 18.7. The van der Waals surface area contributed by atoms with Gasteiger partial charge in [-0.05, 0) is 0 Å². The molecule has 0 bridgehead atoms. The Labute approximate surface area is 162 Å². The quantitative estimate of drug-likeness (QED) is 0.368. The van der Waals surface area contributed by atoms with E-state index in [-0.39, 0.29) is 39.7 Å². The zero-order chi connectivity index (χ0) is 13.4. The Hall–Kier alpha value is 0.640. The zero-order valence-electron chi connectivity index (χ0n) is 14.5. The summed E-state index contributed by atoms with van der Waals surface area (Å²) < 4.78 is 0. The van der Waals surface area contributed by atoms with Crippen LogP contribution in [0.2, 0.25) is 0 Å². The van der Waals surface area contributed by atoms with Crippen LogP contribution >= 0.6 is 24.8 Å². The van der Waals surface area contributed by atoms with E-state index in [4.69, 9.17) is 0 Å². The van der Waals surface area contributed by atoms with E-state index in [1.54, 1.807) is 23.3 Å². The predicted octanol–water partition coefficient (Wildman–Crippen LogP) is 5.24. The van der Waals surface area contributed by atoms with Gasteiger partial charge in [-0.2, -0.15) is 11.6 Å². The zero-order valence-corrected chi connectivity index (χ0v) is 20.0. The van der Waals surface area contributed by atoms with Crippen LogP contribution in [0.1, 0.15) is 41.0 Å². The van der Waals surface area contributed by atoms with E-state index in [1.807, 2.05) is 6.88 Å². The van der Waals surface area contributed by atoms with Gasteiger partial charge in [0.1, 0.15) is 0 Å². The van der Waals surface area contributed by atoms with Crippen LogP contribution < -0.4 is 0 Å². The SMILES string of the molecule is CC1=[C-]C(C)C=C1C.CC1=[C-]CC(C)=C1.Cl.Cl.[CH3-].[CH3-].[SiH2]=[Zr]. The van der Waals surface area contributed by atoms with Gasteiger partial charge >= 0.3 is 30.2 Å². The molecule has 124 valence electrons. The van der Waals surface area contributed by atoms with Crippen LogP contribution in [0.15, 0.2) is 34.4 Å². The van der Waals surface area contributed by atoms with E-state index in [2.05, 4.69) is 58.9 Å². The number of halogens is 2. The van der Waals surface area contributed by atoms with Gasteiger partial charge in [0.25, 0.3) is 0 Å². The Morgan fingerprint density at radius 3 is 1.67 bits per heavy atom. The summed E-state index contributed by atoms with van der Waals surface area (Å²) in [6.45, 7) is 12.5. The minimum absolute atomic E-state index is 0. The number of allylic oxidation sites excluding steroid dienone is 8. The molecule has 0 aromatic heterocycles. The van der Waals surface area contributed by atoms with Crippen molar-refractivity contribution in [3.63, 3.8) is 0 Å². The molecule has 0 aromatic carbocycles. The fourth-order valence-corrected chi connectivity index (χ4v) is 1.75. The minimum atomic E-state index is 0. The molecule has 2 aliphatic rings. The van der Waals surface area contributed by atoms with Crippen LogP contribution in [-0.4, -0.2) is 6.88 Å². The fraction of sp³-hybridized carbons (Fsp3) is 0.412. The number of hydrogen-bond donors (Lipinski definition) is 0. The van der Waals surface area contributed by atoms with Crippen LogP contribution in [0.3, 0.4) is 0 Å². The van der Waals surface area contributed by atoms with Gasteiger partial charge in [-0.3, -0.25) is 12.2 Å². The predicted molar refractivity (Wildman–Crippen MR) is 102 cm³/mol. The molecule has 1 atom stereocenters. The van der Waals surface area contributed by atoms with Crippen molar-refractivity contribution >= 4 is 31.7 Å². The molecule has 0 heterocycles. The molecule has 0 radical (unpaired) electrons. The summed E-state index contributed by atoms with van der Waals surface area (Å²) in [5, 5.41) is 0. The van der Waals surface area contributed by atoms with E-state index in [0.717, 1.165) is 6.42 Å². The first kappa shape index (κ1) is 33.3. The van der Waals surface area contributed by atoms with Crippen molar-refractivity contribution in [1.29, 1.82) is 0 Å². The van der Waals surface area contributed by atoms with E-state index >= 15 is 0 Å². The Balaban J connectivity index is -0.0000000623. The first-order valence-corrected chi connectivity index (χ1v) is 11.8. The van der Waals surface area contributed by atoms with E-state index < -0.39 is 0 Å². The maximum absolute atomic E-state index is 3.29. The Morgan fingerprint density at radius 2 is 1.57 bits per heavy atom. The molecule has 0 saturated carbocycles. The van der Waals surface area contributed by atoms with Gasteiger partial charge in [0.05, 0.1) is 0 Å². The molecule has 2 aliphatic carbocycles. The van der Waals surface area contributed by atoms with Crippen molar-refractivity contribution in [2.45, 2.75) is 41.0 Å². The molecular weight excluding hydrogens is 394 g/mol. The summed E-state index contributed by atoms with van der Waals surface area (Å²) in [5.41, 5.74) is 5.42. The van der Waals surface area contributed by atoms with E-state index in [1.165, 1.54) is 22.3 Å². The topological polar surface area (TPSA) is 0 Å². The number of rotatable bonds is 0. The summed E-state index contributed by atoms with van der Waals surface area (Å²) in [6, 6.07) is 0. The monoisotopic (exact) mass is 422 g/mol. The van der Waals surface area contributed by atoms with Crippen molar-refractivity contribution < 1.29 is 23.3 Å². The first-order chi connectivity index (χ1) is 7.99. The first-order valence-electron chi connectivity index (χ1n) is 5.88. The molecule has 0 N–H and O–H groups in total. The molecule has 0 spiro atoms. The van der Waals surface area contributed by atoms with Gasteiger partial charge in [0.2, 0.25) is 0 Å². The van der Waals surface area contributed by atoms with Crippen LogP contribution in [0.4, 0.5) is 0 Å². The van der Waals surface area contributed by atoms with Gasteiger partial charge in [-0.1, -0.05) is 33.6 Å². The third-order valence-electron chi connectivity index (χ3n) is 2.64. The summed E-state index contributed by atoms with van der Waals surface area (Å²) in [7, 11) is 0. The maximum atomic E-state index is 3.29. The van der Waals surface area contributed by atoms with Crippen molar-refractivity contribution in [1.82, 2.24) is 0 Å². The average Bonchev–Trinajstić information content (AvgIpc) is 2.77. The average molecular weight is 425 g/mol. The normalized spacial score (nSPS) is 17.0. The second-order valence-corrected chi connectivity index (χ2v) is 4.43. The molecule has 1 unspecified atom stereocenters. The summed E-state index contributed by atoms with van der Waals surface area (Å²) in [4.78, 5) is 0. The Morgan fingerprint density at radius 1 is 1.10 bits per heavy atom. The fourth-order valence-electron chi connectivity index (χ4n) is 1.75. The van der Waals surface area contributed by atoms with Crippen molar-refractivity contribution in [2.24, 2.45) is 5.92 Å². The Kier molecular flexibility index (Phi) is 29.6. The molecule has 21 heavy (non-hydrogen) atoms. The van der Waals surface area contributed by atoms with Gasteiger partial charge in [-0.15, -0.1) is 38.2 Å². The molecule has 0 nitrogen and oxygen atoms in total. The summed E-state index contributed by atoms with van der Waals surface area (Å²) in [6.07, 6.45) is 11.9. The van der Waals surface area contributed by atoms with Gasteiger partial charge in [0, 0.05) is 0 Å². The molecule has 0 aromatic rings. The van der Waals surface area contributed by atoms with Crippen LogP contribution in [0, 0.1) is 32.9 Å². The van der Waals surface area contributed by atoms with Crippen LogP contribution in [-0.2, 0) is 23.3 Å². The standard InChI is InChI=1S/C8H11.C7H9.2CH3.2ClH.H2Si.Zr/c1-6-4-7(2)8(3)5-6;1-6-3-4-7(2)5-6;;;;;;/h4,6H,1-3H3;5H,3H2,1-2H3;2*1H3;2*1H;1H2;/q4*-1;;;;. The van der Waals surface area contributed by atoms with Crippen LogP contribution in [0.25, 0.3) is 0 Å². The third kappa shape index (κ3) is 15.3. The van der Waals surface area contributed by atoms with Gasteiger partial charge < -0.3 is 14.9 Å². The molecule has 0 fully saturated rings. The number of hydrogen-bond acceptors (Lipinski definition) is 0. The van der Waals surface area contributed by atoms with Crippen molar-refractivity contribution in [2.75, 3.05) is 0 Å². The summed E-state index contributed by atoms with van der Waals surface area (Å²) in [5.74, 6) is 0.551. The van der Waals surface area contributed by atoms with Gasteiger partial charge in [0.15, 0.2) is 0 Å². The van der Waals surface area contributed by atoms with Crippen molar-refractivity contribution in [3.8, 4) is 0 Å². The molecule has 0 aliphatic heterocycles. The molecule has 2 rings (SSSR count).